The van der Waals surface area contributed by atoms with Crippen molar-refractivity contribution in [3.05, 3.63) is 33.3 Å². The Labute approximate surface area is 129 Å². The summed E-state index contributed by atoms with van der Waals surface area (Å²) in [4.78, 5) is 14.5. The van der Waals surface area contributed by atoms with Gasteiger partial charge in [-0.3, -0.25) is 4.79 Å². The van der Waals surface area contributed by atoms with Gasteiger partial charge in [0.1, 0.15) is 0 Å². The number of amides is 1. The first-order chi connectivity index (χ1) is 9.10. The first-order valence-electron chi connectivity index (χ1n) is 6.84. The van der Waals surface area contributed by atoms with E-state index in [1.54, 1.807) is 12.1 Å². The van der Waals surface area contributed by atoms with Gasteiger partial charge in [0.25, 0.3) is 5.91 Å². The number of rotatable bonds is 7. The predicted octanol–water partition coefficient (Wildman–Crippen LogP) is 5.14. The second kappa shape index (κ2) is 8.60. The van der Waals surface area contributed by atoms with Crippen LogP contribution in [0.15, 0.2) is 22.7 Å². The summed E-state index contributed by atoms with van der Waals surface area (Å²) in [6.07, 6.45) is 4.25. The van der Waals surface area contributed by atoms with Crippen LogP contribution in [0.2, 0.25) is 5.02 Å². The van der Waals surface area contributed by atoms with E-state index in [2.05, 4.69) is 29.8 Å². The maximum atomic E-state index is 12.6. The highest BCUT2D eigenvalue weighted by Gasteiger charge is 2.17. The van der Waals surface area contributed by atoms with E-state index < -0.39 is 0 Å². The van der Waals surface area contributed by atoms with E-state index in [0.717, 1.165) is 43.2 Å². The van der Waals surface area contributed by atoms with Gasteiger partial charge in [-0.15, -0.1) is 0 Å². The van der Waals surface area contributed by atoms with Crippen molar-refractivity contribution in [1.82, 2.24) is 4.90 Å². The average Bonchev–Trinajstić information content (AvgIpc) is 2.41. The first-order valence-corrected chi connectivity index (χ1v) is 8.01. The van der Waals surface area contributed by atoms with Gasteiger partial charge in [-0.2, -0.15) is 0 Å². The van der Waals surface area contributed by atoms with Gasteiger partial charge in [0.15, 0.2) is 0 Å². The summed E-state index contributed by atoms with van der Waals surface area (Å²) in [6.45, 7) is 5.90. The van der Waals surface area contributed by atoms with Gasteiger partial charge >= 0.3 is 0 Å². The van der Waals surface area contributed by atoms with Crippen LogP contribution < -0.4 is 0 Å². The molecule has 19 heavy (non-hydrogen) atoms. The molecule has 0 aliphatic heterocycles. The molecule has 0 unspecified atom stereocenters. The quantitative estimate of drug-likeness (QED) is 0.669. The molecule has 1 aromatic rings. The topological polar surface area (TPSA) is 20.3 Å². The van der Waals surface area contributed by atoms with Gasteiger partial charge in [0.05, 0.1) is 5.56 Å². The first kappa shape index (κ1) is 16.5. The zero-order valence-electron chi connectivity index (χ0n) is 11.6. The summed E-state index contributed by atoms with van der Waals surface area (Å²) in [6, 6.07) is 5.34. The van der Waals surface area contributed by atoms with Crippen molar-refractivity contribution >= 4 is 33.4 Å². The summed E-state index contributed by atoms with van der Waals surface area (Å²) in [5, 5.41) is 0.595. The van der Waals surface area contributed by atoms with Crippen molar-refractivity contribution in [3.63, 3.8) is 0 Å². The summed E-state index contributed by atoms with van der Waals surface area (Å²) in [5.74, 6) is 0.0660. The lowest BCUT2D eigenvalue weighted by Crippen LogP contribution is -2.33. The van der Waals surface area contributed by atoms with E-state index in [4.69, 9.17) is 11.6 Å². The molecule has 0 radical (unpaired) electrons. The van der Waals surface area contributed by atoms with E-state index in [9.17, 15) is 4.79 Å². The Morgan fingerprint density at radius 1 is 1.21 bits per heavy atom. The lowest BCUT2D eigenvalue weighted by Gasteiger charge is -2.23. The molecule has 0 aromatic heterocycles. The maximum absolute atomic E-state index is 12.6. The van der Waals surface area contributed by atoms with Crippen LogP contribution in [-0.2, 0) is 0 Å². The van der Waals surface area contributed by atoms with Gasteiger partial charge in [0.2, 0.25) is 0 Å². The van der Waals surface area contributed by atoms with Crippen LogP contribution in [0.4, 0.5) is 0 Å². The fourth-order valence-electron chi connectivity index (χ4n) is 1.84. The highest BCUT2D eigenvalue weighted by Crippen LogP contribution is 2.23. The van der Waals surface area contributed by atoms with E-state index in [-0.39, 0.29) is 5.91 Å². The number of hydrogen-bond donors (Lipinski definition) is 0. The Kier molecular flexibility index (Phi) is 7.47. The average molecular weight is 347 g/mol. The monoisotopic (exact) mass is 345 g/mol. The minimum Gasteiger partial charge on any atom is -0.339 e. The maximum Gasteiger partial charge on any atom is 0.255 e. The van der Waals surface area contributed by atoms with Crippen molar-refractivity contribution in [3.8, 4) is 0 Å². The zero-order chi connectivity index (χ0) is 14.3. The van der Waals surface area contributed by atoms with Gasteiger partial charge < -0.3 is 4.90 Å². The van der Waals surface area contributed by atoms with Crippen LogP contribution in [0, 0.1) is 0 Å². The molecule has 0 N–H and O–H groups in total. The molecule has 0 fully saturated rings. The van der Waals surface area contributed by atoms with Crippen molar-refractivity contribution in [1.29, 1.82) is 0 Å². The van der Waals surface area contributed by atoms with E-state index in [1.807, 2.05) is 11.0 Å². The van der Waals surface area contributed by atoms with Gasteiger partial charge in [-0.1, -0.05) is 38.3 Å². The van der Waals surface area contributed by atoms with Crippen molar-refractivity contribution in [2.75, 3.05) is 13.1 Å². The highest BCUT2D eigenvalue weighted by molar-refractivity contribution is 9.10. The molecule has 1 aromatic carbocycles. The Hall–Kier alpha value is -0.540. The number of nitrogens with zero attached hydrogens (tertiary/aromatic N) is 1. The van der Waals surface area contributed by atoms with Crippen LogP contribution in [0.1, 0.15) is 49.9 Å². The number of hydrogen-bond acceptors (Lipinski definition) is 1. The van der Waals surface area contributed by atoms with Crippen LogP contribution in [0.5, 0.6) is 0 Å². The van der Waals surface area contributed by atoms with Gasteiger partial charge in [-0.05, 0) is 47.0 Å². The second-order valence-corrected chi connectivity index (χ2v) is 5.91. The molecule has 1 rings (SSSR count). The second-order valence-electron chi connectivity index (χ2n) is 4.62. The summed E-state index contributed by atoms with van der Waals surface area (Å²) < 4.78 is 0.805. The highest BCUT2D eigenvalue weighted by atomic mass is 79.9. The molecule has 0 aliphatic rings. The zero-order valence-corrected chi connectivity index (χ0v) is 13.9. The van der Waals surface area contributed by atoms with Crippen LogP contribution in [0.3, 0.4) is 0 Å². The minimum atomic E-state index is 0.0660. The molecule has 0 atom stereocenters. The molecule has 0 heterocycles. The molecular formula is C15H21BrClNO. The third-order valence-corrected chi connectivity index (χ3v) is 3.94. The van der Waals surface area contributed by atoms with Crippen molar-refractivity contribution in [2.45, 2.75) is 39.5 Å². The van der Waals surface area contributed by atoms with Crippen molar-refractivity contribution < 1.29 is 4.79 Å². The summed E-state index contributed by atoms with van der Waals surface area (Å²) >= 11 is 9.41. The fourth-order valence-corrected chi connectivity index (χ4v) is 2.43. The normalized spacial score (nSPS) is 10.5. The number of halogens is 2. The standard InChI is InChI=1S/C15H21BrClNO/c1-3-5-9-18(10-6-4-2)15(19)13-11-12(17)7-8-14(13)16/h7-8,11H,3-6,9-10H2,1-2H3. The molecular weight excluding hydrogens is 326 g/mol. The van der Waals surface area contributed by atoms with E-state index >= 15 is 0 Å². The number of unbranched alkanes of at least 4 members (excludes halogenated alkanes) is 2. The van der Waals surface area contributed by atoms with Crippen LogP contribution >= 0.6 is 27.5 Å². The van der Waals surface area contributed by atoms with Crippen molar-refractivity contribution in [2.24, 2.45) is 0 Å². The molecule has 0 aliphatic carbocycles. The predicted molar refractivity (Wildman–Crippen MR) is 84.9 cm³/mol. The molecule has 0 bridgehead atoms. The molecule has 2 nitrogen and oxygen atoms in total. The Bertz CT molecular complexity index is 415. The lowest BCUT2D eigenvalue weighted by atomic mass is 10.1. The number of carbonyl (C=O) groups is 1. The summed E-state index contributed by atoms with van der Waals surface area (Å²) in [5.41, 5.74) is 0.653. The molecule has 0 spiro atoms. The third-order valence-electron chi connectivity index (χ3n) is 3.01. The van der Waals surface area contributed by atoms with Gasteiger partial charge in [0, 0.05) is 22.6 Å². The number of carbonyl (C=O) groups excluding carboxylic acids is 1. The van der Waals surface area contributed by atoms with Gasteiger partial charge in [-0.25, -0.2) is 0 Å². The molecule has 4 heteroatoms. The molecule has 0 saturated carbocycles. The minimum absolute atomic E-state index is 0.0660. The lowest BCUT2D eigenvalue weighted by molar-refractivity contribution is 0.0750. The fraction of sp³-hybridized carbons (Fsp3) is 0.533. The largest absolute Gasteiger partial charge is 0.339 e. The molecule has 1 amide bonds. The third kappa shape index (κ3) is 5.15. The van der Waals surface area contributed by atoms with Crippen LogP contribution in [-0.4, -0.2) is 23.9 Å². The smallest absolute Gasteiger partial charge is 0.255 e. The molecule has 106 valence electrons. The Balaban J connectivity index is 2.87. The van der Waals surface area contributed by atoms with Crippen LogP contribution in [0.25, 0.3) is 0 Å². The van der Waals surface area contributed by atoms with E-state index in [0.29, 0.717) is 10.6 Å². The molecule has 0 saturated heterocycles. The summed E-state index contributed by atoms with van der Waals surface area (Å²) in [7, 11) is 0. The van der Waals surface area contributed by atoms with E-state index in [1.165, 1.54) is 0 Å². The SMILES string of the molecule is CCCCN(CCCC)C(=O)c1cc(Cl)ccc1Br. The Morgan fingerprint density at radius 2 is 1.79 bits per heavy atom. The Morgan fingerprint density at radius 3 is 2.32 bits per heavy atom. The number of benzene rings is 1.